The van der Waals surface area contributed by atoms with Crippen molar-refractivity contribution in [3.05, 3.63) is 175 Å². The number of fused-ring (bicyclic) bond motifs is 12. The normalized spacial score (nSPS) is 12.1. The van der Waals surface area contributed by atoms with Crippen molar-refractivity contribution in [2.24, 2.45) is 0 Å². The van der Waals surface area contributed by atoms with Crippen LogP contribution >= 0.6 is 22.9 Å². The fourth-order valence-corrected chi connectivity index (χ4v) is 10.6. The third-order valence-corrected chi connectivity index (χ3v) is 13.4. The summed E-state index contributed by atoms with van der Waals surface area (Å²) in [5.41, 5.74) is 10.4. The molecule has 0 saturated heterocycles. The topological polar surface area (TPSA) is 67.6 Å². The van der Waals surface area contributed by atoms with E-state index in [1.54, 1.807) is 0 Å². The Kier molecular flexibility index (Phi) is 7.17. The van der Waals surface area contributed by atoms with E-state index >= 15 is 0 Å². The van der Waals surface area contributed by atoms with Crippen molar-refractivity contribution < 1.29 is 4.42 Å². The molecule has 13 rings (SSSR count). The molecule has 4 heterocycles. The van der Waals surface area contributed by atoms with Crippen LogP contribution in [0.5, 0.6) is 0 Å². The first kappa shape index (κ1) is 33.6. The van der Waals surface area contributed by atoms with Crippen molar-refractivity contribution in [2.75, 3.05) is 0 Å². The zero-order chi connectivity index (χ0) is 39.5. The number of thiophene rings is 1. The highest BCUT2D eigenvalue weighted by Crippen LogP contribution is 2.46. The lowest BCUT2D eigenvalue weighted by molar-refractivity contribution is 0.669. The van der Waals surface area contributed by atoms with Crippen molar-refractivity contribution in [3.8, 4) is 45.0 Å². The highest BCUT2D eigenvalue weighted by Gasteiger charge is 2.19. The van der Waals surface area contributed by atoms with E-state index in [4.69, 9.17) is 21.0 Å². The Balaban J connectivity index is 0.905. The van der Waals surface area contributed by atoms with Crippen molar-refractivity contribution in [1.82, 2.24) is 19.9 Å². The standard InChI is InChI=1S/C53H29ClN4OS/c54-53-57-51(32-19-18-29-8-1-2-9-30(29)26-32)56-52(58-53)33-20-22-37-43-27-31(21-24-45(43)59-46(37)28-33)34-11-5-12-38-35(34)23-25-47-48(38)42-16-7-15-41(50(42)60-47)40-14-6-13-39-36-10-3-4-17-44(36)55-49(39)40/h1-28,55H. The molecule has 0 unspecified atom stereocenters. The van der Waals surface area contributed by atoms with E-state index in [2.05, 4.69) is 154 Å². The Morgan fingerprint density at radius 3 is 2.05 bits per heavy atom. The molecule has 0 fully saturated rings. The molecule has 60 heavy (non-hydrogen) atoms. The molecule has 7 heteroatoms. The minimum absolute atomic E-state index is 0.142. The number of halogens is 1. The van der Waals surface area contributed by atoms with Crippen LogP contribution in [0.3, 0.4) is 0 Å². The van der Waals surface area contributed by atoms with Gasteiger partial charge in [-0.15, -0.1) is 11.3 Å². The van der Waals surface area contributed by atoms with Gasteiger partial charge < -0.3 is 9.40 Å². The maximum absolute atomic E-state index is 6.50. The number of nitrogens with zero attached hydrogens (tertiary/aromatic N) is 3. The number of nitrogens with one attached hydrogen (secondary N) is 1. The number of hydrogen-bond donors (Lipinski definition) is 1. The van der Waals surface area contributed by atoms with Crippen LogP contribution in [0.1, 0.15) is 0 Å². The highest BCUT2D eigenvalue weighted by atomic mass is 35.5. The average molecular weight is 805 g/mol. The number of para-hydroxylation sites is 2. The second-order valence-electron chi connectivity index (χ2n) is 15.4. The molecule has 0 radical (unpaired) electrons. The molecule has 0 aliphatic rings. The van der Waals surface area contributed by atoms with Crippen molar-refractivity contribution in [3.63, 3.8) is 0 Å². The van der Waals surface area contributed by atoms with Gasteiger partial charge in [0.15, 0.2) is 11.6 Å². The monoisotopic (exact) mass is 804 g/mol. The predicted octanol–water partition coefficient (Wildman–Crippen LogP) is 15.4. The fraction of sp³-hybridized carbons (Fsp3) is 0. The Morgan fingerprint density at radius 1 is 0.450 bits per heavy atom. The minimum atomic E-state index is 0.142. The number of aromatic amines is 1. The summed E-state index contributed by atoms with van der Waals surface area (Å²) in [6, 6.07) is 60.2. The first-order valence-electron chi connectivity index (χ1n) is 19.9. The zero-order valence-electron chi connectivity index (χ0n) is 31.7. The number of benzene rings is 9. The summed E-state index contributed by atoms with van der Waals surface area (Å²) in [5, 5.41) is 12.0. The van der Waals surface area contributed by atoms with Gasteiger partial charge >= 0.3 is 0 Å². The van der Waals surface area contributed by atoms with Crippen LogP contribution in [0.25, 0.3) is 130 Å². The zero-order valence-corrected chi connectivity index (χ0v) is 33.3. The van der Waals surface area contributed by atoms with E-state index in [0.29, 0.717) is 11.6 Å². The largest absolute Gasteiger partial charge is 0.456 e. The van der Waals surface area contributed by atoms with Crippen LogP contribution in [0, 0.1) is 0 Å². The molecular weight excluding hydrogens is 776 g/mol. The van der Waals surface area contributed by atoms with E-state index < -0.39 is 0 Å². The molecule has 0 bridgehead atoms. The van der Waals surface area contributed by atoms with Crippen molar-refractivity contribution in [2.45, 2.75) is 0 Å². The fourth-order valence-electron chi connectivity index (χ4n) is 9.24. The molecule has 0 aliphatic heterocycles. The first-order chi connectivity index (χ1) is 29.6. The van der Waals surface area contributed by atoms with Crippen LogP contribution in [0.4, 0.5) is 0 Å². The van der Waals surface area contributed by atoms with Gasteiger partial charge in [-0.1, -0.05) is 127 Å². The summed E-state index contributed by atoms with van der Waals surface area (Å²) in [4.78, 5) is 17.6. The predicted molar refractivity (Wildman–Crippen MR) is 251 cm³/mol. The molecule has 1 N–H and O–H groups in total. The molecule has 0 aliphatic carbocycles. The molecule has 9 aromatic carbocycles. The molecule has 4 aromatic heterocycles. The van der Waals surface area contributed by atoms with Gasteiger partial charge in [0.2, 0.25) is 5.28 Å². The molecule has 0 spiro atoms. The maximum atomic E-state index is 6.50. The van der Waals surface area contributed by atoms with E-state index in [-0.39, 0.29) is 5.28 Å². The van der Waals surface area contributed by atoms with Crippen LogP contribution in [0.15, 0.2) is 174 Å². The second-order valence-corrected chi connectivity index (χ2v) is 16.8. The van der Waals surface area contributed by atoms with Gasteiger partial charge in [0.1, 0.15) is 11.2 Å². The van der Waals surface area contributed by atoms with Crippen LogP contribution in [0.2, 0.25) is 5.28 Å². The molecular formula is C53H29ClN4OS. The Morgan fingerprint density at radius 2 is 1.15 bits per heavy atom. The number of hydrogen-bond acceptors (Lipinski definition) is 5. The molecule has 0 atom stereocenters. The van der Waals surface area contributed by atoms with E-state index in [1.165, 1.54) is 63.9 Å². The van der Waals surface area contributed by atoms with Gasteiger partial charge in [-0.3, -0.25) is 0 Å². The van der Waals surface area contributed by atoms with Gasteiger partial charge in [-0.25, -0.2) is 4.98 Å². The summed E-state index contributed by atoms with van der Waals surface area (Å²) in [6.07, 6.45) is 0. The smallest absolute Gasteiger partial charge is 0.226 e. The second kappa shape index (κ2) is 12.8. The number of aromatic nitrogens is 4. The molecule has 280 valence electrons. The Hall–Kier alpha value is -7.38. The summed E-state index contributed by atoms with van der Waals surface area (Å²) in [6.45, 7) is 0. The van der Waals surface area contributed by atoms with Gasteiger partial charge in [0.05, 0.1) is 5.52 Å². The van der Waals surface area contributed by atoms with Gasteiger partial charge in [0.25, 0.3) is 0 Å². The third-order valence-electron chi connectivity index (χ3n) is 12.0. The molecule has 0 amide bonds. The molecule has 0 saturated carbocycles. The minimum Gasteiger partial charge on any atom is -0.456 e. The number of H-pyrrole nitrogens is 1. The lowest BCUT2D eigenvalue weighted by atomic mass is 9.94. The van der Waals surface area contributed by atoms with Gasteiger partial charge in [-0.2, -0.15) is 9.97 Å². The molecule has 13 aromatic rings. The van der Waals surface area contributed by atoms with E-state index in [1.807, 2.05) is 41.7 Å². The lowest BCUT2D eigenvalue weighted by Gasteiger charge is -2.09. The highest BCUT2D eigenvalue weighted by molar-refractivity contribution is 7.26. The maximum Gasteiger partial charge on any atom is 0.226 e. The summed E-state index contributed by atoms with van der Waals surface area (Å²) in [5.74, 6) is 1.02. The van der Waals surface area contributed by atoms with Gasteiger partial charge in [-0.05, 0) is 86.7 Å². The number of furan rings is 1. The van der Waals surface area contributed by atoms with Crippen LogP contribution < -0.4 is 0 Å². The summed E-state index contributed by atoms with van der Waals surface area (Å²) in [7, 11) is 0. The summed E-state index contributed by atoms with van der Waals surface area (Å²) >= 11 is 8.37. The van der Waals surface area contributed by atoms with E-state index in [9.17, 15) is 0 Å². The SMILES string of the molecule is Clc1nc(-c2ccc3ccccc3c2)nc(-c2ccc3c(c2)oc2ccc(-c4cccc5c4ccc4sc6c(-c7cccc8c7[nH]c7ccccc78)cccc6c45)cc23)n1. The van der Waals surface area contributed by atoms with Crippen molar-refractivity contribution in [1.29, 1.82) is 0 Å². The quantitative estimate of drug-likeness (QED) is 0.192. The van der Waals surface area contributed by atoms with Gasteiger partial charge in [0, 0.05) is 69.5 Å². The van der Waals surface area contributed by atoms with Crippen LogP contribution in [-0.4, -0.2) is 19.9 Å². The first-order valence-corrected chi connectivity index (χ1v) is 21.1. The number of rotatable bonds is 4. The van der Waals surface area contributed by atoms with Crippen LogP contribution in [-0.2, 0) is 0 Å². The average Bonchev–Trinajstić information content (AvgIpc) is 3.99. The van der Waals surface area contributed by atoms with E-state index in [0.717, 1.165) is 54.9 Å². The lowest BCUT2D eigenvalue weighted by Crippen LogP contribution is -1.97. The summed E-state index contributed by atoms with van der Waals surface area (Å²) < 4.78 is 9.05. The Bertz CT molecular complexity index is 3940. The Labute approximate surface area is 351 Å². The third kappa shape index (κ3) is 5.08. The van der Waals surface area contributed by atoms with Crippen molar-refractivity contribution >= 4 is 108 Å². The molecule has 5 nitrogen and oxygen atoms in total.